The fourth-order valence-electron chi connectivity index (χ4n) is 2.25. The monoisotopic (exact) mass is 462 g/mol. The van der Waals surface area contributed by atoms with E-state index in [4.69, 9.17) is 4.74 Å². The molecule has 0 aliphatic rings. The zero-order valence-corrected chi connectivity index (χ0v) is 17.2. The third kappa shape index (κ3) is 4.50. The summed E-state index contributed by atoms with van der Waals surface area (Å²) in [5.41, 5.74) is 3.46. The molecule has 0 aliphatic heterocycles. The van der Waals surface area contributed by atoms with E-state index in [1.807, 2.05) is 38.1 Å². The molecule has 2 aromatic carbocycles. The molecule has 0 radical (unpaired) electrons. The van der Waals surface area contributed by atoms with Crippen molar-refractivity contribution in [2.45, 2.75) is 13.8 Å². The van der Waals surface area contributed by atoms with Crippen LogP contribution in [0.3, 0.4) is 0 Å². The van der Waals surface area contributed by atoms with Gasteiger partial charge in [-0.2, -0.15) is 5.26 Å². The van der Waals surface area contributed by atoms with E-state index in [2.05, 4.69) is 37.2 Å². The Bertz CT molecular complexity index is 876. The zero-order valence-electron chi connectivity index (χ0n) is 14.0. The average molecular weight is 464 g/mol. The van der Waals surface area contributed by atoms with Crippen molar-refractivity contribution in [2.24, 2.45) is 0 Å². The normalized spacial score (nSPS) is 11.0. The van der Waals surface area contributed by atoms with E-state index >= 15 is 0 Å². The number of benzene rings is 2. The summed E-state index contributed by atoms with van der Waals surface area (Å²) in [5.74, 6) is 0.203. The lowest BCUT2D eigenvalue weighted by molar-refractivity contribution is -0.112. The van der Waals surface area contributed by atoms with Gasteiger partial charge in [0.25, 0.3) is 5.91 Å². The smallest absolute Gasteiger partial charge is 0.266 e. The number of halogens is 2. The van der Waals surface area contributed by atoms with Crippen molar-refractivity contribution in [3.63, 3.8) is 0 Å². The van der Waals surface area contributed by atoms with Gasteiger partial charge in [-0.05, 0) is 86.7 Å². The van der Waals surface area contributed by atoms with Crippen LogP contribution in [0.2, 0.25) is 0 Å². The summed E-state index contributed by atoms with van der Waals surface area (Å²) in [6.45, 7) is 3.90. The predicted molar refractivity (Wildman–Crippen MR) is 107 cm³/mol. The molecule has 4 nitrogen and oxygen atoms in total. The number of nitrogens with zero attached hydrogens (tertiary/aromatic N) is 1. The highest BCUT2D eigenvalue weighted by Crippen LogP contribution is 2.35. The molecule has 0 atom stereocenters. The molecule has 0 heterocycles. The molecule has 2 aromatic rings. The Kier molecular flexibility index (Phi) is 6.40. The van der Waals surface area contributed by atoms with Crippen LogP contribution in [0.25, 0.3) is 6.08 Å². The summed E-state index contributed by atoms with van der Waals surface area (Å²) in [7, 11) is 1.57. The van der Waals surface area contributed by atoms with E-state index in [1.165, 1.54) is 6.08 Å². The van der Waals surface area contributed by atoms with Crippen LogP contribution < -0.4 is 10.1 Å². The summed E-state index contributed by atoms with van der Waals surface area (Å²) >= 11 is 6.82. The van der Waals surface area contributed by atoms with Crippen molar-refractivity contribution in [3.8, 4) is 11.8 Å². The molecule has 25 heavy (non-hydrogen) atoms. The number of nitriles is 1. The van der Waals surface area contributed by atoms with Crippen LogP contribution in [-0.2, 0) is 4.79 Å². The summed E-state index contributed by atoms with van der Waals surface area (Å²) < 4.78 is 6.70. The first-order valence-corrected chi connectivity index (χ1v) is 8.98. The van der Waals surface area contributed by atoms with Crippen molar-refractivity contribution >= 4 is 49.5 Å². The van der Waals surface area contributed by atoms with Crippen LogP contribution in [0.5, 0.6) is 5.75 Å². The first-order valence-electron chi connectivity index (χ1n) is 7.39. The number of aryl methyl sites for hydroxylation is 1. The van der Waals surface area contributed by atoms with Gasteiger partial charge < -0.3 is 10.1 Å². The molecular formula is C19H16Br2N2O2. The van der Waals surface area contributed by atoms with E-state index in [9.17, 15) is 10.1 Å². The van der Waals surface area contributed by atoms with E-state index in [0.29, 0.717) is 17.0 Å². The Morgan fingerprint density at radius 2 is 1.88 bits per heavy atom. The summed E-state index contributed by atoms with van der Waals surface area (Å²) in [4.78, 5) is 12.5. The number of hydrogen-bond donors (Lipinski definition) is 1. The van der Waals surface area contributed by atoms with Crippen LogP contribution in [0.4, 0.5) is 5.69 Å². The van der Waals surface area contributed by atoms with Gasteiger partial charge in [0.2, 0.25) is 0 Å². The number of nitrogens with one attached hydrogen (secondary N) is 1. The number of ether oxygens (including phenoxy) is 1. The van der Waals surface area contributed by atoms with Gasteiger partial charge in [0.05, 0.1) is 16.1 Å². The zero-order chi connectivity index (χ0) is 18.6. The molecule has 2 rings (SSSR count). The standard InChI is InChI=1S/C19H16Br2N2O2/c1-11-5-4-6-17(12(11)2)23-19(24)14(10-22)7-13-8-15(20)18(25-3)16(21)9-13/h4-9H,1-3H3,(H,23,24)/b14-7+. The molecule has 0 fully saturated rings. The Hall–Kier alpha value is -2.10. The first kappa shape index (κ1) is 19.2. The highest BCUT2D eigenvalue weighted by atomic mass is 79.9. The maximum absolute atomic E-state index is 12.5. The minimum Gasteiger partial charge on any atom is -0.494 e. The largest absolute Gasteiger partial charge is 0.494 e. The first-order chi connectivity index (χ1) is 11.9. The second kappa shape index (κ2) is 8.32. The van der Waals surface area contributed by atoms with Gasteiger partial charge in [0, 0.05) is 5.69 Å². The van der Waals surface area contributed by atoms with Crippen LogP contribution in [-0.4, -0.2) is 13.0 Å². The third-order valence-corrected chi connectivity index (χ3v) is 4.93. The molecule has 0 unspecified atom stereocenters. The lowest BCUT2D eigenvalue weighted by atomic mass is 10.1. The molecule has 0 spiro atoms. The minimum absolute atomic E-state index is 0.0184. The number of amides is 1. The molecule has 0 saturated heterocycles. The van der Waals surface area contributed by atoms with Gasteiger partial charge in [0.15, 0.2) is 0 Å². The highest BCUT2D eigenvalue weighted by Gasteiger charge is 2.13. The van der Waals surface area contributed by atoms with E-state index in [-0.39, 0.29) is 5.57 Å². The molecule has 6 heteroatoms. The SMILES string of the molecule is COc1c(Br)cc(/C=C(\C#N)C(=O)Nc2cccc(C)c2C)cc1Br. The highest BCUT2D eigenvalue weighted by molar-refractivity contribution is 9.11. The molecule has 1 amide bonds. The molecular weight excluding hydrogens is 448 g/mol. The molecule has 0 saturated carbocycles. The van der Waals surface area contributed by atoms with E-state index in [0.717, 1.165) is 20.1 Å². The second-order valence-electron chi connectivity index (χ2n) is 5.39. The minimum atomic E-state index is -0.445. The Morgan fingerprint density at radius 3 is 2.44 bits per heavy atom. The summed E-state index contributed by atoms with van der Waals surface area (Å²) in [6, 6.07) is 11.2. The third-order valence-electron chi connectivity index (χ3n) is 3.75. The van der Waals surface area contributed by atoms with Crippen LogP contribution in [0.15, 0.2) is 44.9 Å². The van der Waals surface area contributed by atoms with Crippen LogP contribution in [0.1, 0.15) is 16.7 Å². The molecule has 0 aliphatic carbocycles. The number of anilines is 1. The van der Waals surface area contributed by atoms with Crippen LogP contribution >= 0.6 is 31.9 Å². The number of methoxy groups -OCH3 is 1. The van der Waals surface area contributed by atoms with Crippen molar-refractivity contribution in [2.75, 3.05) is 12.4 Å². The number of hydrogen-bond acceptors (Lipinski definition) is 3. The van der Waals surface area contributed by atoms with Crippen molar-refractivity contribution in [1.29, 1.82) is 5.26 Å². The van der Waals surface area contributed by atoms with E-state index < -0.39 is 5.91 Å². The predicted octanol–water partition coefficient (Wildman–Crippen LogP) is 5.38. The van der Waals surface area contributed by atoms with E-state index in [1.54, 1.807) is 19.2 Å². The average Bonchev–Trinajstić information content (AvgIpc) is 2.56. The quantitative estimate of drug-likeness (QED) is 0.488. The Balaban J connectivity index is 2.33. The molecule has 0 bridgehead atoms. The van der Waals surface area contributed by atoms with Crippen molar-refractivity contribution in [1.82, 2.24) is 0 Å². The fraction of sp³-hybridized carbons (Fsp3) is 0.158. The van der Waals surface area contributed by atoms with Crippen LogP contribution in [0, 0.1) is 25.2 Å². The Morgan fingerprint density at radius 1 is 1.24 bits per heavy atom. The van der Waals surface area contributed by atoms with Crippen molar-refractivity contribution in [3.05, 3.63) is 61.5 Å². The number of carbonyl (C=O) groups excluding carboxylic acids is 1. The molecule has 0 aromatic heterocycles. The lowest BCUT2D eigenvalue weighted by Crippen LogP contribution is -2.14. The maximum atomic E-state index is 12.5. The summed E-state index contributed by atoms with van der Waals surface area (Å²) in [6.07, 6.45) is 1.54. The van der Waals surface area contributed by atoms with Gasteiger partial charge in [-0.1, -0.05) is 12.1 Å². The van der Waals surface area contributed by atoms with Gasteiger partial charge in [-0.25, -0.2) is 0 Å². The van der Waals surface area contributed by atoms with Crippen molar-refractivity contribution < 1.29 is 9.53 Å². The molecule has 1 N–H and O–H groups in total. The van der Waals surface area contributed by atoms with Gasteiger partial charge in [-0.3, -0.25) is 4.79 Å². The van der Waals surface area contributed by atoms with Gasteiger partial charge in [0.1, 0.15) is 17.4 Å². The number of rotatable bonds is 4. The van der Waals surface area contributed by atoms with Gasteiger partial charge in [-0.15, -0.1) is 0 Å². The topological polar surface area (TPSA) is 62.1 Å². The Labute approximate surface area is 163 Å². The molecule has 128 valence electrons. The lowest BCUT2D eigenvalue weighted by Gasteiger charge is -2.10. The summed E-state index contributed by atoms with van der Waals surface area (Å²) in [5, 5.41) is 12.2. The fourth-order valence-corrected chi connectivity index (χ4v) is 3.79. The second-order valence-corrected chi connectivity index (χ2v) is 7.10. The number of carbonyl (C=O) groups is 1. The maximum Gasteiger partial charge on any atom is 0.266 e. The van der Waals surface area contributed by atoms with Gasteiger partial charge >= 0.3 is 0 Å².